The van der Waals surface area contributed by atoms with Gasteiger partial charge in [-0.1, -0.05) is 18.2 Å². The van der Waals surface area contributed by atoms with Crippen LogP contribution in [0.1, 0.15) is 22.7 Å². The van der Waals surface area contributed by atoms with Gasteiger partial charge in [0.15, 0.2) is 11.5 Å². The average molecular weight is 499 g/mol. The molecule has 3 aromatic carbocycles. The van der Waals surface area contributed by atoms with Crippen molar-refractivity contribution in [3.05, 3.63) is 94.8 Å². The lowest BCUT2D eigenvalue weighted by Crippen LogP contribution is -2.29. The predicted octanol–water partition coefficient (Wildman–Crippen LogP) is 5.24. The second kappa shape index (κ2) is 8.71. The lowest BCUT2D eigenvalue weighted by Gasteiger charge is -2.26. The molecule has 5 rings (SSSR count). The Labute approximate surface area is 202 Å². The van der Waals surface area contributed by atoms with E-state index in [4.69, 9.17) is 9.47 Å². The van der Waals surface area contributed by atoms with Crippen molar-refractivity contribution in [2.24, 2.45) is 0 Å². The molecule has 10 heteroatoms. The lowest BCUT2D eigenvalue weighted by molar-refractivity contribution is -0.137. The minimum Gasteiger partial charge on any atom is -0.507 e. The number of amides is 1. The number of hydrogen-bond acceptors (Lipinski definition) is 5. The number of anilines is 1. The zero-order valence-electron chi connectivity index (χ0n) is 18.4. The minimum atomic E-state index is -4.69. The monoisotopic (exact) mass is 499 g/mol. The average Bonchev–Trinajstić information content (AvgIpc) is 3.13. The fourth-order valence-corrected chi connectivity index (χ4v) is 4.24. The van der Waals surface area contributed by atoms with Gasteiger partial charge in [0.1, 0.15) is 24.8 Å². The molecule has 0 aromatic heterocycles. The number of aliphatic hydroxyl groups is 1. The fourth-order valence-electron chi connectivity index (χ4n) is 4.24. The van der Waals surface area contributed by atoms with Crippen LogP contribution in [-0.2, 0) is 15.8 Å². The van der Waals surface area contributed by atoms with Crippen LogP contribution in [0.15, 0.2) is 72.3 Å². The first-order chi connectivity index (χ1) is 17.1. The number of Topliss-reactive ketones (excluding diaryl/α,β-unsaturated/α-hetero) is 1. The van der Waals surface area contributed by atoms with Crippen LogP contribution in [0.25, 0.3) is 5.76 Å². The van der Waals surface area contributed by atoms with Crippen molar-refractivity contribution in [3.63, 3.8) is 0 Å². The van der Waals surface area contributed by atoms with Crippen LogP contribution in [0.4, 0.5) is 23.2 Å². The third kappa shape index (κ3) is 4.04. The van der Waals surface area contributed by atoms with E-state index in [2.05, 4.69) is 0 Å². The molecule has 2 aliphatic heterocycles. The maximum Gasteiger partial charge on any atom is 0.416 e. The number of halogens is 4. The minimum absolute atomic E-state index is 0.133. The largest absolute Gasteiger partial charge is 0.507 e. The molecule has 6 nitrogen and oxygen atoms in total. The maximum atomic E-state index is 13.7. The Hall–Kier alpha value is -4.34. The summed E-state index contributed by atoms with van der Waals surface area (Å²) < 4.78 is 64.7. The van der Waals surface area contributed by atoms with Crippen LogP contribution in [0.2, 0.25) is 0 Å². The van der Waals surface area contributed by atoms with Crippen molar-refractivity contribution in [2.75, 3.05) is 18.1 Å². The molecule has 1 saturated heterocycles. The number of ether oxygens (including phenoxy) is 2. The molecule has 0 saturated carbocycles. The van der Waals surface area contributed by atoms with Crippen molar-refractivity contribution in [1.29, 1.82) is 0 Å². The van der Waals surface area contributed by atoms with Crippen LogP contribution >= 0.6 is 0 Å². The number of fused-ring (bicyclic) bond motifs is 1. The molecule has 36 heavy (non-hydrogen) atoms. The first kappa shape index (κ1) is 23.4. The molecule has 1 amide bonds. The number of carbonyl (C=O) groups is 2. The van der Waals surface area contributed by atoms with E-state index in [1.807, 2.05) is 0 Å². The first-order valence-electron chi connectivity index (χ1n) is 10.8. The van der Waals surface area contributed by atoms with Crippen molar-refractivity contribution < 1.29 is 41.7 Å². The summed E-state index contributed by atoms with van der Waals surface area (Å²) in [7, 11) is 0. The number of aliphatic hydroxyl groups excluding tert-OH is 1. The molecule has 0 radical (unpaired) electrons. The number of ketones is 1. The van der Waals surface area contributed by atoms with Crippen LogP contribution in [-0.4, -0.2) is 30.0 Å². The van der Waals surface area contributed by atoms with Crippen LogP contribution in [0.3, 0.4) is 0 Å². The van der Waals surface area contributed by atoms with Gasteiger partial charge in [0.2, 0.25) is 0 Å². The summed E-state index contributed by atoms with van der Waals surface area (Å²) in [4.78, 5) is 27.2. The summed E-state index contributed by atoms with van der Waals surface area (Å²) in [6, 6.07) is 11.8. The second-order valence-corrected chi connectivity index (χ2v) is 8.13. The number of hydrogen-bond donors (Lipinski definition) is 1. The van der Waals surface area contributed by atoms with E-state index in [1.54, 1.807) is 0 Å². The predicted molar refractivity (Wildman–Crippen MR) is 120 cm³/mol. The number of rotatable bonds is 3. The summed E-state index contributed by atoms with van der Waals surface area (Å²) >= 11 is 0. The Bertz CT molecular complexity index is 1400. The Balaban J connectivity index is 1.69. The van der Waals surface area contributed by atoms with E-state index in [-0.39, 0.29) is 29.0 Å². The van der Waals surface area contributed by atoms with E-state index < -0.39 is 41.0 Å². The summed E-state index contributed by atoms with van der Waals surface area (Å²) in [5, 5.41) is 11.2. The van der Waals surface area contributed by atoms with Gasteiger partial charge < -0.3 is 14.6 Å². The number of benzene rings is 3. The molecule has 1 unspecified atom stereocenters. The Morgan fingerprint density at radius 2 is 1.61 bits per heavy atom. The molecule has 2 heterocycles. The van der Waals surface area contributed by atoms with Gasteiger partial charge in [-0.2, -0.15) is 13.2 Å². The smallest absolute Gasteiger partial charge is 0.416 e. The van der Waals surface area contributed by atoms with Crippen LogP contribution in [0, 0.1) is 5.82 Å². The molecular formula is C26H17F4NO5. The Morgan fingerprint density at radius 1 is 0.917 bits per heavy atom. The maximum absolute atomic E-state index is 13.7. The summed E-state index contributed by atoms with van der Waals surface area (Å²) in [6.45, 7) is 0.609. The highest BCUT2D eigenvalue weighted by Crippen LogP contribution is 2.44. The highest BCUT2D eigenvalue weighted by molar-refractivity contribution is 6.51. The number of nitrogens with zero attached hydrogens (tertiary/aromatic N) is 1. The Kier molecular flexibility index (Phi) is 5.66. The SMILES string of the molecule is O=C1C(=O)N(c2cccc(C(F)(F)F)c2)C(c2ccc(F)cc2)/C1=C(/O)c1ccc2c(c1)OCCO2. The quantitative estimate of drug-likeness (QED) is 0.231. The van der Waals surface area contributed by atoms with E-state index in [0.717, 1.165) is 35.2 Å². The number of alkyl halides is 3. The van der Waals surface area contributed by atoms with E-state index >= 15 is 0 Å². The van der Waals surface area contributed by atoms with Gasteiger partial charge >= 0.3 is 6.18 Å². The molecular weight excluding hydrogens is 482 g/mol. The molecule has 0 bridgehead atoms. The molecule has 184 valence electrons. The van der Waals surface area contributed by atoms with Crippen molar-refractivity contribution in [3.8, 4) is 11.5 Å². The van der Waals surface area contributed by atoms with Gasteiger partial charge in [0.05, 0.1) is 17.2 Å². The molecule has 3 aromatic rings. The first-order valence-corrected chi connectivity index (χ1v) is 10.8. The van der Waals surface area contributed by atoms with Crippen molar-refractivity contribution in [1.82, 2.24) is 0 Å². The molecule has 1 atom stereocenters. The zero-order valence-corrected chi connectivity index (χ0v) is 18.4. The van der Waals surface area contributed by atoms with E-state index in [1.165, 1.54) is 36.4 Å². The summed E-state index contributed by atoms with van der Waals surface area (Å²) in [5.41, 5.74) is -1.24. The molecule has 1 N–H and O–H groups in total. The van der Waals surface area contributed by atoms with Gasteiger partial charge in [-0.05, 0) is 54.1 Å². The lowest BCUT2D eigenvalue weighted by atomic mass is 9.95. The summed E-state index contributed by atoms with van der Waals surface area (Å²) in [6.07, 6.45) is -4.69. The van der Waals surface area contributed by atoms with Crippen LogP contribution in [0.5, 0.6) is 11.5 Å². The molecule has 0 aliphatic carbocycles. The van der Waals surface area contributed by atoms with Gasteiger partial charge in [-0.15, -0.1) is 0 Å². The van der Waals surface area contributed by atoms with Gasteiger partial charge in [-0.25, -0.2) is 4.39 Å². The Morgan fingerprint density at radius 3 is 2.31 bits per heavy atom. The van der Waals surface area contributed by atoms with E-state index in [9.17, 15) is 32.3 Å². The third-order valence-electron chi connectivity index (χ3n) is 5.90. The highest BCUT2D eigenvalue weighted by Gasteiger charge is 2.47. The van der Waals surface area contributed by atoms with Gasteiger partial charge in [0.25, 0.3) is 11.7 Å². The van der Waals surface area contributed by atoms with Crippen molar-refractivity contribution >= 4 is 23.1 Å². The molecule has 2 aliphatic rings. The van der Waals surface area contributed by atoms with Crippen LogP contribution < -0.4 is 14.4 Å². The van der Waals surface area contributed by atoms with Gasteiger partial charge in [-0.3, -0.25) is 14.5 Å². The zero-order chi connectivity index (χ0) is 25.6. The number of carbonyl (C=O) groups excluding carboxylic acids is 2. The third-order valence-corrected chi connectivity index (χ3v) is 5.90. The normalized spacial score (nSPS) is 19.0. The van der Waals surface area contributed by atoms with Crippen molar-refractivity contribution in [2.45, 2.75) is 12.2 Å². The second-order valence-electron chi connectivity index (χ2n) is 8.13. The molecule has 0 spiro atoms. The summed E-state index contributed by atoms with van der Waals surface area (Å²) in [5.74, 6) is -2.65. The topological polar surface area (TPSA) is 76.1 Å². The van der Waals surface area contributed by atoms with Gasteiger partial charge in [0, 0.05) is 11.3 Å². The van der Waals surface area contributed by atoms with E-state index in [0.29, 0.717) is 18.1 Å². The highest BCUT2D eigenvalue weighted by atomic mass is 19.4. The fraction of sp³-hybridized carbons (Fsp3) is 0.154. The standard InChI is InChI=1S/C26H17F4NO5/c27-17-7-4-14(5-8-17)22-21(23(32)15-6-9-19-20(12-15)36-11-10-35-19)24(33)25(34)31(22)18-3-1-2-16(13-18)26(28,29)30/h1-9,12-13,22,32H,10-11H2/b23-21-. The molecule has 1 fully saturated rings.